The molecule has 2 amide bonds. The maximum Gasteiger partial charge on any atom is 0.416 e. The Hall–Kier alpha value is -2.81. The van der Waals surface area contributed by atoms with Crippen molar-refractivity contribution in [1.29, 1.82) is 0 Å². The van der Waals surface area contributed by atoms with Crippen molar-refractivity contribution >= 4 is 11.8 Å². The molecule has 3 rings (SSSR count). The number of hydrogen-bond donors (Lipinski definition) is 2. The smallest absolute Gasteiger partial charge is 0.391 e. The molecule has 0 unspecified atom stereocenters. The third-order valence-electron chi connectivity index (χ3n) is 4.55. The van der Waals surface area contributed by atoms with Gasteiger partial charge in [-0.25, -0.2) is 0 Å². The van der Waals surface area contributed by atoms with E-state index in [9.17, 15) is 27.9 Å². The Bertz CT molecular complexity index is 849. The summed E-state index contributed by atoms with van der Waals surface area (Å²) in [6.07, 6.45) is -2.51. The number of benzene rings is 1. The molecule has 6 nitrogen and oxygen atoms in total. The fraction of sp³-hybridized carbons (Fsp3) is 0.333. The number of amides is 2. The number of β-amino-alcohol motifs (C(OH)–C–C–N with tert-alkyl or cyclic N) is 1. The first-order valence-electron chi connectivity index (χ1n) is 8.26. The topological polar surface area (TPSA) is 88.6 Å². The predicted molar refractivity (Wildman–Crippen MR) is 90.0 cm³/mol. The van der Waals surface area contributed by atoms with Crippen LogP contribution in [0.25, 0.3) is 5.69 Å². The minimum atomic E-state index is -4.61. The Labute approximate surface area is 153 Å². The molecule has 1 aliphatic heterocycles. The van der Waals surface area contributed by atoms with Gasteiger partial charge in [-0.15, -0.1) is 0 Å². The SMILES string of the molecule is NC(=O)C[C@@H]1CN(C(=O)c2cc(-n3cccc3)cc(C(F)(F)F)c2)C[C@H]1O. The Kier molecular flexibility index (Phi) is 4.97. The summed E-state index contributed by atoms with van der Waals surface area (Å²) in [5.74, 6) is -1.77. The largest absolute Gasteiger partial charge is 0.416 e. The summed E-state index contributed by atoms with van der Waals surface area (Å²) in [5, 5.41) is 10.0. The number of carbonyl (C=O) groups excluding carboxylic acids is 2. The van der Waals surface area contributed by atoms with Crippen LogP contribution in [0.5, 0.6) is 0 Å². The van der Waals surface area contributed by atoms with Crippen LogP contribution in [0.1, 0.15) is 22.3 Å². The van der Waals surface area contributed by atoms with E-state index >= 15 is 0 Å². The number of aliphatic hydroxyl groups is 1. The number of hydrogen-bond acceptors (Lipinski definition) is 3. The molecule has 2 aromatic rings. The Morgan fingerprint density at radius 1 is 1.15 bits per heavy atom. The van der Waals surface area contributed by atoms with Crippen molar-refractivity contribution in [2.75, 3.05) is 13.1 Å². The van der Waals surface area contributed by atoms with Gasteiger partial charge in [0.15, 0.2) is 0 Å². The van der Waals surface area contributed by atoms with Gasteiger partial charge in [0.05, 0.1) is 11.7 Å². The number of rotatable bonds is 4. The second kappa shape index (κ2) is 7.07. The van der Waals surface area contributed by atoms with Gasteiger partial charge in [0.25, 0.3) is 5.91 Å². The molecular weight excluding hydrogens is 363 g/mol. The summed E-state index contributed by atoms with van der Waals surface area (Å²) in [7, 11) is 0. The van der Waals surface area contributed by atoms with Crippen molar-refractivity contribution in [3.05, 3.63) is 53.9 Å². The lowest BCUT2D eigenvalue weighted by Gasteiger charge is -2.18. The minimum Gasteiger partial charge on any atom is -0.391 e. The number of aliphatic hydroxyl groups excluding tert-OH is 1. The number of nitrogens with zero attached hydrogens (tertiary/aromatic N) is 2. The Morgan fingerprint density at radius 3 is 2.41 bits per heavy atom. The summed E-state index contributed by atoms with van der Waals surface area (Å²) in [5.41, 5.74) is 4.25. The normalized spacial score (nSPS) is 20.1. The van der Waals surface area contributed by atoms with Gasteiger partial charge in [0.2, 0.25) is 5.91 Å². The van der Waals surface area contributed by atoms with Crippen LogP contribution in [0.3, 0.4) is 0 Å². The van der Waals surface area contributed by atoms with Crippen molar-refractivity contribution in [1.82, 2.24) is 9.47 Å². The molecule has 0 saturated carbocycles. The maximum atomic E-state index is 13.3. The maximum absolute atomic E-state index is 13.3. The van der Waals surface area contributed by atoms with E-state index < -0.39 is 35.6 Å². The van der Waals surface area contributed by atoms with E-state index in [0.29, 0.717) is 0 Å². The van der Waals surface area contributed by atoms with E-state index in [2.05, 4.69) is 0 Å². The molecule has 0 bridgehead atoms. The summed E-state index contributed by atoms with van der Waals surface area (Å²) in [6.45, 7) is -0.0100. The predicted octanol–water partition coefficient (Wildman–Crippen LogP) is 1.80. The minimum absolute atomic E-state index is 0.0536. The highest BCUT2D eigenvalue weighted by Gasteiger charge is 2.37. The van der Waals surface area contributed by atoms with Crippen molar-refractivity contribution in [2.45, 2.75) is 18.7 Å². The molecule has 9 heteroatoms. The molecule has 0 aliphatic carbocycles. The van der Waals surface area contributed by atoms with Crippen LogP contribution >= 0.6 is 0 Å². The molecule has 0 spiro atoms. The first kappa shape index (κ1) is 19.0. The number of primary amides is 1. The summed E-state index contributed by atoms with van der Waals surface area (Å²) >= 11 is 0. The number of halogens is 3. The van der Waals surface area contributed by atoms with Crippen LogP contribution in [-0.4, -0.2) is 45.6 Å². The van der Waals surface area contributed by atoms with Crippen molar-refractivity contribution in [3.63, 3.8) is 0 Å². The molecular formula is C18H18F3N3O3. The van der Waals surface area contributed by atoms with E-state index in [1.165, 1.54) is 15.5 Å². The molecule has 144 valence electrons. The highest BCUT2D eigenvalue weighted by atomic mass is 19.4. The fourth-order valence-electron chi connectivity index (χ4n) is 3.22. The van der Waals surface area contributed by atoms with E-state index in [1.54, 1.807) is 24.5 Å². The van der Waals surface area contributed by atoms with Gasteiger partial charge in [-0.05, 0) is 30.3 Å². The molecule has 1 saturated heterocycles. The monoisotopic (exact) mass is 381 g/mol. The molecule has 1 aliphatic rings. The van der Waals surface area contributed by atoms with Gasteiger partial charge in [0.1, 0.15) is 0 Å². The lowest BCUT2D eigenvalue weighted by molar-refractivity contribution is -0.137. The van der Waals surface area contributed by atoms with Crippen LogP contribution in [-0.2, 0) is 11.0 Å². The zero-order valence-corrected chi connectivity index (χ0v) is 14.2. The molecule has 3 N–H and O–H groups in total. The molecule has 0 radical (unpaired) electrons. The van der Waals surface area contributed by atoms with Gasteiger partial charge < -0.3 is 20.3 Å². The fourth-order valence-corrected chi connectivity index (χ4v) is 3.22. The number of likely N-dealkylation sites (tertiary alicyclic amines) is 1. The Balaban J connectivity index is 1.92. The van der Waals surface area contributed by atoms with Gasteiger partial charge in [-0.2, -0.15) is 13.2 Å². The van der Waals surface area contributed by atoms with E-state index in [1.807, 2.05) is 0 Å². The average Bonchev–Trinajstić information content (AvgIpc) is 3.23. The lowest BCUT2D eigenvalue weighted by atomic mass is 10.0. The van der Waals surface area contributed by atoms with E-state index in [4.69, 9.17) is 5.73 Å². The highest BCUT2D eigenvalue weighted by molar-refractivity contribution is 5.95. The van der Waals surface area contributed by atoms with Crippen molar-refractivity contribution < 1.29 is 27.9 Å². The second-order valence-corrected chi connectivity index (χ2v) is 6.56. The third kappa shape index (κ3) is 4.13. The van der Waals surface area contributed by atoms with Gasteiger partial charge in [-0.1, -0.05) is 0 Å². The summed E-state index contributed by atoms with van der Waals surface area (Å²) < 4.78 is 41.3. The average molecular weight is 381 g/mol. The first-order valence-corrected chi connectivity index (χ1v) is 8.26. The quantitative estimate of drug-likeness (QED) is 0.847. The lowest BCUT2D eigenvalue weighted by Crippen LogP contribution is -2.30. The number of aromatic nitrogens is 1. The zero-order valence-electron chi connectivity index (χ0n) is 14.2. The van der Waals surface area contributed by atoms with Gasteiger partial charge in [-0.3, -0.25) is 9.59 Å². The van der Waals surface area contributed by atoms with Crippen LogP contribution in [0.4, 0.5) is 13.2 Å². The molecule has 2 heterocycles. The third-order valence-corrected chi connectivity index (χ3v) is 4.55. The highest BCUT2D eigenvalue weighted by Crippen LogP contribution is 2.32. The molecule has 2 atom stereocenters. The molecule has 27 heavy (non-hydrogen) atoms. The van der Waals surface area contributed by atoms with Gasteiger partial charge >= 0.3 is 6.18 Å². The Morgan fingerprint density at radius 2 is 1.81 bits per heavy atom. The van der Waals surface area contributed by atoms with Crippen LogP contribution < -0.4 is 5.73 Å². The molecule has 1 fully saturated rings. The van der Waals surface area contributed by atoms with Crippen LogP contribution in [0.2, 0.25) is 0 Å². The van der Waals surface area contributed by atoms with E-state index in [0.717, 1.165) is 12.1 Å². The number of alkyl halides is 3. The van der Waals surface area contributed by atoms with Crippen molar-refractivity contribution in [2.24, 2.45) is 11.7 Å². The second-order valence-electron chi connectivity index (χ2n) is 6.56. The van der Waals surface area contributed by atoms with E-state index in [-0.39, 0.29) is 30.8 Å². The zero-order chi connectivity index (χ0) is 19.8. The molecule has 1 aromatic carbocycles. The number of nitrogens with two attached hydrogens (primary N) is 1. The first-order chi connectivity index (χ1) is 12.6. The summed E-state index contributed by atoms with van der Waals surface area (Å²) in [6, 6.07) is 6.44. The molecule has 1 aromatic heterocycles. The van der Waals surface area contributed by atoms with Crippen LogP contribution in [0, 0.1) is 5.92 Å². The van der Waals surface area contributed by atoms with Gasteiger partial charge in [0, 0.05) is 49.1 Å². The standard InChI is InChI=1S/C18H18F3N3O3/c19-18(20,21)13-5-11(6-14(8-13)23-3-1-2-4-23)17(27)24-9-12(7-16(22)26)15(25)10-24/h1-6,8,12,15,25H,7,9-10H2,(H2,22,26)/t12-,15-/m1/s1. The van der Waals surface area contributed by atoms with Crippen LogP contribution in [0.15, 0.2) is 42.7 Å². The van der Waals surface area contributed by atoms with Crippen molar-refractivity contribution in [3.8, 4) is 5.69 Å². The summed E-state index contributed by atoms with van der Waals surface area (Å²) in [4.78, 5) is 25.0. The number of carbonyl (C=O) groups is 2.